The van der Waals surface area contributed by atoms with Gasteiger partial charge in [0, 0.05) is 6.04 Å². The number of rotatable bonds is 5. The van der Waals surface area contributed by atoms with Crippen LogP contribution >= 0.6 is 0 Å². The second-order valence-corrected chi connectivity index (χ2v) is 8.61. The van der Waals surface area contributed by atoms with E-state index in [2.05, 4.69) is 17.0 Å². The Labute approximate surface area is 145 Å². The average Bonchev–Trinajstić information content (AvgIpc) is 2.55. The van der Waals surface area contributed by atoms with Crippen LogP contribution in [0.2, 0.25) is 0 Å². The number of nitrogens with one attached hydrogen (secondary N) is 2. The lowest BCUT2D eigenvalue weighted by Crippen LogP contribution is -2.45. The van der Waals surface area contributed by atoms with Crippen molar-refractivity contribution in [1.29, 1.82) is 0 Å². The largest absolute Gasteiger partial charge is 0.335 e. The zero-order valence-electron chi connectivity index (χ0n) is 14.7. The van der Waals surface area contributed by atoms with E-state index in [-0.39, 0.29) is 10.9 Å². The second kappa shape index (κ2) is 8.01. The summed E-state index contributed by atoms with van der Waals surface area (Å²) in [6.07, 6.45) is 5.17. The maximum absolute atomic E-state index is 12.3. The van der Waals surface area contributed by atoms with Crippen LogP contribution in [0.5, 0.6) is 0 Å². The highest BCUT2D eigenvalue weighted by molar-refractivity contribution is 7.90. The first-order valence-electron chi connectivity index (χ1n) is 8.75. The molecule has 6 heteroatoms. The van der Waals surface area contributed by atoms with Crippen LogP contribution in [0.15, 0.2) is 29.2 Å². The van der Waals surface area contributed by atoms with E-state index in [4.69, 9.17) is 0 Å². The first-order chi connectivity index (χ1) is 11.3. The summed E-state index contributed by atoms with van der Waals surface area (Å²) in [6, 6.07) is 6.07. The lowest BCUT2D eigenvalue weighted by Gasteiger charge is -2.28. The molecule has 2 N–H and O–H groups in total. The van der Waals surface area contributed by atoms with Gasteiger partial charge in [0.1, 0.15) is 0 Å². The van der Waals surface area contributed by atoms with Crippen molar-refractivity contribution in [2.24, 2.45) is 5.92 Å². The minimum atomic E-state index is -3.83. The van der Waals surface area contributed by atoms with Crippen molar-refractivity contribution in [2.45, 2.75) is 69.7 Å². The molecule has 0 unspecified atom stereocenters. The van der Waals surface area contributed by atoms with Gasteiger partial charge in [-0.3, -0.25) is 0 Å². The summed E-state index contributed by atoms with van der Waals surface area (Å²) >= 11 is 0. The van der Waals surface area contributed by atoms with E-state index in [1.165, 1.54) is 18.6 Å². The van der Waals surface area contributed by atoms with Crippen molar-refractivity contribution in [2.75, 3.05) is 0 Å². The lowest BCUT2D eigenvalue weighted by molar-refractivity contribution is 0.231. The van der Waals surface area contributed by atoms with Gasteiger partial charge in [0.25, 0.3) is 10.0 Å². The number of hydrogen-bond donors (Lipinski definition) is 2. The van der Waals surface area contributed by atoms with E-state index in [9.17, 15) is 13.2 Å². The molecule has 2 rings (SSSR count). The van der Waals surface area contributed by atoms with Crippen LogP contribution in [-0.2, 0) is 10.0 Å². The number of sulfonamides is 1. The molecule has 24 heavy (non-hydrogen) atoms. The van der Waals surface area contributed by atoms with Crippen LogP contribution in [0.4, 0.5) is 4.79 Å². The van der Waals surface area contributed by atoms with Crippen molar-refractivity contribution in [3.63, 3.8) is 0 Å². The Bertz CT molecular complexity index is 645. The number of amides is 2. The Kier molecular flexibility index (Phi) is 6.27. The highest BCUT2D eigenvalue weighted by Crippen LogP contribution is 2.26. The molecule has 0 radical (unpaired) electrons. The van der Waals surface area contributed by atoms with Gasteiger partial charge >= 0.3 is 6.03 Å². The molecule has 0 atom stereocenters. The molecule has 1 aliphatic rings. The molecular weight excluding hydrogens is 324 g/mol. The zero-order chi connectivity index (χ0) is 17.7. The van der Waals surface area contributed by atoms with E-state index in [0.717, 1.165) is 37.2 Å². The quantitative estimate of drug-likeness (QED) is 0.847. The molecule has 0 bridgehead atoms. The van der Waals surface area contributed by atoms with Crippen molar-refractivity contribution in [1.82, 2.24) is 10.0 Å². The fraction of sp³-hybridized carbons (Fsp3) is 0.611. The molecule has 134 valence electrons. The Morgan fingerprint density at radius 3 is 2.21 bits per heavy atom. The minimum absolute atomic E-state index is 0.0614. The van der Waals surface area contributed by atoms with E-state index in [1.807, 2.05) is 13.8 Å². The predicted molar refractivity (Wildman–Crippen MR) is 95.4 cm³/mol. The third kappa shape index (κ3) is 4.97. The summed E-state index contributed by atoms with van der Waals surface area (Å²) in [5.41, 5.74) is 1.06. The predicted octanol–water partition coefficient (Wildman–Crippen LogP) is 3.77. The fourth-order valence-electron chi connectivity index (χ4n) is 3.14. The summed E-state index contributed by atoms with van der Waals surface area (Å²) in [4.78, 5) is 12.1. The van der Waals surface area contributed by atoms with Gasteiger partial charge in [-0.1, -0.05) is 39.3 Å². The number of urea groups is 1. The third-order valence-corrected chi connectivity index (χ3v) is 6.19. The molecule has 1 fully saturated rings. The van der Waals surface area contributed by atoms with Crippen LogP contribution in [0.3, 0.4) is 0 Å². The molecule has 1 aromatic rings. The van der Waals surface area contributed by atoms with Gasteiger partial charge in [0.15, 0.2) is 0 Å². The monoisotopic (exact) mass is 352 g/mol. The zero-order valence-corrected chi connectivity index (χ0v) is 15.5. The number of carbonyl (C=O) groups is 1. The van der Waals surface area contributed by atoms with E-state index in [1.54, 1.807) is 12.1 Å². The van der Waals surface area contributed by atoms with Crippen LogP contribution < -0.4 is 10.0 Å². The molecule has 0 aromatic heterocycles. The molecule has 0 saturated heterocycles. The highest BCUT2D eigenvalue weighted by Gasteiger charge is 2.23. The molecular formula is C18H28N2O3S. The van der Waals surface area contributed by atoms with Crippen LogP contribution in [-0.4, -0.2) is 20.5 Å². The first kappa shape index (κ1) is 18.8. The smallest absolute Gasteiger partial charge is 0.328 e. The third-order valence-electron chi connectivity index (χ3n) is 4.84. The maximum Gasteiger partial charge on any atom is 0.328 e. The van der Waals surface area contributed by atoms with Gasteiger partial charge in [-0.05, 0) is 55.2 Å². The van der Waals surface area contributed by atoms with Crippen molar-refractivity contribution in [3.8, 4) is 0 Å². The number of carbonyl (C=O) groups excluding carboxylic acids is 1. The Morgan fingerprint density at radius 1 is 1.12 bits per heavy atom. The summed E-state index contributed by atoms with van der Waals surface area (Å²) in [5, 5.41) is 2.79. The number of hydrogen-bond acceptors (Lipinski definition) is 3. The first-order valence-corrected chi connectivity index (χ1v) is 10.2. The van der Waals surface area contributed by atoms with Crippen molar-refractivity contribution < 1.29 is 13.2 Å². The van der Waals surface area contributed by atoms with E-state index >= 15 is 0 Å². The molecule has 0 spiro atoms. The molecule has 1 aromatic carbocycles. The molecule has 5 nitrogen and oxygen atoms in total. The Morgan fingerprint density at radius 2 is 1.71 bits per heavy atom. The summed E-state index contributed by atoms with van der Waals surface area (Å²) in [6.45, 7) is 6.27. The van der Waals surface area contributed by atoms with Crippen molar-refractivity contribution in [3.05, 3.63) is 29.8 Å². The van der Waals surface area contributed by atoms with Gasteiger partial charge in [0.05, 0.1) is 4.90 Å². The molecule has 0 aliphatic heterocycles. The molecule has 0 heterocycles. The molecule has 2 amide bonds. The normalized spacial score (nSPS) is 21.5. The second-order valence-electron chi connectivity index (χ2n) is 6.93. The Balaban J connectivity index is 1.92. The van der Waals surface area contributed by atoms with Gasteiger partial charge in [-0.2, -0.15) is 0 Å². The minimum Gasteiger partial charge on any atom is -0.335 e. The summed E-state index contributed by atoms with van der Waals surface area (Å²) < 4.78 is 26.7. The van der Waals surface area contributed by atoms with Gasteiger partial charge in [-0.15, -0.1) is 0 Å². The number of benzene rings is 1. The molecule has 1 aliphatic carbocycles. The van der Waals surface area contributed by atoms with Gasteiger partial charge < -0.3 is 5.32 Å². The van der Waals surface area contributed by atoms with Crippen LogP contribution in [0.25, 0.3) is 0 Å². The van der Waals surface area contributed by atoms with Gasteiger partial charge in [0.2, 0.25) is 0 Å². The lowest BCUT2D eigenvalue weighted by atomic mass is 9.85. The summed E-state index contributed by atoms with van der Waals surface area (Å²) in [7, 11) is -3.83. The van der Waals surface area contributed by atoms with E-state index < -0.39 is 16.1 Å². The van der Waals surface area contributed by atoms with Crippen LogP contribution in [0, 0.1) is 5.92 Å². The summed E-state index contributed by atoms with van der Waals surface area (Å²) in [5.74, 6) is 1.06. The van der Waals surface area contributed by atoms with E-state index in [0.29, 0.717) is 5.92 Å². The standard InChI is InChI=1S/C18H28N2O3S/c1-4-14-5-9-16(10-6-14)19-18(21)20-24(22,23)17-11-7-15(8-12-17)13(2)3/h7-8,11-14,16H,4-6,9-10H2,1-3H3,(H2,19,20,21). The molecule has 1 saturated carbocycles. The maximum atomic E-state index is 12.3. The van der Waals surface area contributed by atoms with Gasteiger partial charge in [-0.25, -0.2) is 17.9 Å². The topological polar surface area (TPSA) is 75.3 Å². The van der Waals surface area contributed by atoms with Crippen LogP contribution in [0.1, 0.15) is 64.4 Å². The van der Waals surface area contributed by atoms with Crippen molar-refractivity contribution >= 4 is 16.1 Å². The SMILES string of the molecule is CCC1CCC(NC(=O)NS(=O)(=O)c2ccc(C(C)C)cc2)CC1. The fourth-order valence-corrected chi connectivity index (χ4v) is 4.06. The Hall–Kier alpha value is -1.56. The average molecular weight is 353 g/mol. The highest BCUT2D eigenvalue weighted by atomic mass is 32.2.